The minimum Gasteiger partial charge on any atom is -0.489 e. The molecule has 0 aliphatic rings. The molecule has 0 heterocycles. The number of aliphatic hydroxyl groups excluding tert-OH is 1. The van der Waals surface area contributed by atoms with Crippen molar-refractivity contribution in [2.45, 2.75) is 32.4 Å². The Bertz CT molecular complexity index is 597. The van der Waals surface area contributed by atoms with Gasteiger partial charge < -0.3 is 15.2 Å². The van der Waals surface area contributed by atoms with Gasteiger partial charge in [0.2, 0.25) is 0 Å². The van der Waals surface area contributed by atoms with Crippen LogP contribution in [0, 0.1) is 0 Å². The molecule has 2 rings (SSSR count). The van der Waals surface area contributed by atoms with Crippen molar-refractivity contribution in [1.82, 2.24) is 5.32 Å². The molecule has 0 aliphatic heterocycles. The first kappa shape index (κ1) is 19.1. The Morgan fingerprint density at radius 3 is 2.29 bits per heavy atom. The van der Waals surface area contributed by atoms with E-state index in [0.29, 0.717) is 16.7 Å². The monoisotopic (exact) mass is 367 g/mol. The van der Waals surface area contributed by atoms with Crippen molar-refractivity contribution in [2.24, 2.45) is 0 Å². The van der Waals surface area contributed by atoms with Crippen LogP contribution in [0.15, 0.2) is 42.5 Å². The van der Waals surface area contributed by atoms with Gasteiger partial charge in [0, 0.05) is 28.8 Å². The van der Waals surface area contributed by atoms with Gasteiger partial charge in [-0.1, -0.05) is 41.4 Å². The molecule has 3 nitrogen and oxygen atoms in total. The number of benzene rings is 2. The van der Waals surface area contributed by atoms with Crippen molar-refractivity contribution in [3.8, 4) is 5.75 Å². The summed E-state index contributed by atoms with van der Waals surface area (Å²) >= 11 is 12.3. The number of rotatable bonds is 10. The fourth-order valence-corrected chi connectivity index (χ4v) is 2.81. The van der Waals surface area contributed by atoms with E-state index in [-0.39, 0.29) is 6.61 Å². The number of hydrogen-bond acceptors (Lipinski definition) is 3. The van der Waals surface area contributed by atoms with E-state index in [1.165, 1.54) is 5.56 Å². The molecular formula is C19H23Cl2NO2. The molecule has 0 amide bonds. The molecule has 0 fully saturated rings. The van der Waals surface area contributed by atoms with Crippen molar-refractivity contribution < 1.29 is 9.84 Å². The highest BCUT2D eigenvalue weighted by molar-refractivity contribution is 6.35. The first-order valence-electron chi connectivity index (χ1n) is 8.17. The van der Waals surface area contributed by atoms with Crippen molar-refractivity contribution >= 4 is 23.2 Å². The van der Waals surface area contributed by atoms with Crippen LogP contribution in [0.1, 0.15) is 30.4 Å². The maximum atomic E-state index is 8.73. The molecule has 0 aliphatic carbocycles. The smallest absolute Gasteiger partial charge is 0.119 e. The summed E-state index contributed by atoms with van der Waals surface area (Å²) in [5, 5.41) is 13.4. The molecule has 0 radical (unpaired) electrons. The summed E-state index contributed by atoms with van der Waals surface area (Å²) in [6.45, 7) is 2.42. The fraction of sp³-hybridized carbons (Fsp3) is 0.368. The van der Waals surface area contributed by atoms with E-state index >= 15 is 0 Å². The Labute approximate surface area is 153 Å². The van der Waals surface area contributed by atoms with Crippen LogP contribution in [0.3, 0.4) is 0 Å². The molecule has 2 aromatic rings. The van der Waals surface area contributed by atoms with E-state index in [2.05, 4.69) is 5.32 Å². The third kappa shape index (κ3) is 6.33. The van der Waals surface area contributed by atoms with Crippen LogP contribution in [0.4, 0.5) is 0 Å². The summed E-state index contributed by atoms with van der Waals surface area (Å²) in [5.74, 6) is 0.790. The quantitative estimate of drug-likeness (QED) is 0.591. The number of ether oxygens (including phenoxy) is 1. The number of nitrogens with one attached hydrogen (secondary N) is 1. The van der Waals surface area contributed by atoms with Crippen LogP contribution in [0.5, 0.6) is 5.75 Å². The molecule has 0 bridgehead atoms. The Balaban J connectivity index is 1.76. The summed E-state index contributed by atoms with van der Waals surface area (Å²) in [6, 6.07) is 13.4. The first-order valence-corrected chi connectivity index (χ1v) is 8.92. The lowest BCUT2D eigenvalue weighted by Gasteiger charge is -2.10. The zero-order chi connectivity index (χ0) is 17.2. The largest absolute Gasteiger partial charge is 0.489 e. The molecule has 2 aromatic carbocycles. The number of unbranched alkanes of at least 4 members (excludes halogenated alkanes) is 2. The van der Waals surface area contributed by atoms with Gasteiger partial charge in [-0.15, -0.1) is 0 Å². The molecule has 0 saturated heterocycles. The molecule has 0 spiro atoms. The summed E-state index contributed by atoms with van der Waals surface area (Å²) < 4.78 is 5.77. The second kappa shape index (κ2) is 10.6. The average Bonchev–Trinajstić information content (AvgIpc) is 2.59. The minimum absolute atomic E-state index is 0.279. The Morgan fingerprint density at radius 1 is 0.917 bits per heavy atom. The number of hydrogen-bond donors (Lipinski definition) is 2. The summed E-state index contributed by atoms with van der Waals surface area (Å²) in [6.07, 6.45) is 3.02. The van der Waals surface area contributed by atoms with Crippen molar-refractivity contribution in [1.29, 1.82) is 0 Å². The molecule has 0 saturated carbocycles. The highest BCUT2D eigenvalue weighted by atomic mass is 35.5. The molecule has 0 atom stereocenters. The van der Waals surface area contributed by atoms with Gasteiger partial charge in [0.05, 0.1) is 0 Å². The number of halogens is 2. The Kier molecular flexibility index (Phi) is 8.40. The van der Waals surface area contributed by atoms with Crippen LogP contribution in [0.25, 0.3) is 0 Å². The summed E-state index contributed by atoms with van der Waals surface area (Å²) in [5.41, 5.74) is 2.01. The molecule has 130 valence electrons. The van der Waals surface area contributed by atoms with E-state index < -0.39 is 0 Å². The van der Waals surface area contributed by atoms with Crippen LogP contribution < -0.4 is 10.1 Å². The Morgan fingerprint density at radius 2 is 1.62 bits per heavy atom. The topological polar surface area (TPSA) is 41.5 Å². The van der Waals surface area contributed by atoms with Gasteiger partial charge in [-0.05, 0) is 55.6 Å². The Hall–Kier alpha value is -1.26. The van der Waals surface area contributed by atoms with Gasteiger partial charge in [-0.25, -0.2) is 0 Å². The normalized spacial score (nSPS) is 10.8. The standard InChI is InChI=1S/C19H23Cl2NO2/c20-18-5-4-6-19(21)17(18)14-24-16-9-7-15(8-10-16)13-22-11-2-1-3-12-23/h4-10,22-23H,1-3,11-14H2. The zero-order valence-electron chi connectivity index (χ0n) is 13.6. The van der Waals surface area contributed by atoms with Gasteiger partial charge >= 0.3 is 0 Å². The lowest BCUT2D eigenvalue weighted by Crippen LogP contribution is -2.14. The van der Waals surface area contributed by atoms with Crippen molar-refractivity contribution in [2.75, 3.05) is 13.2 Å². The van der Waals surface area contributed by atoms with Crippen molar-refractivity contribution in [3.63, 3.8) is 0 Å². The van der Waals surface area contributed by atoms with Gasteiger partial charge in [-0.3, -0.25) is 0 Å². The maximum Gasteiger partial charge on any atom is 0.119 e. The van der Waals surface area contributed by atoms with Crippen LogP contribution in [-0.2, 0) is 13.2 Å². The predicted molar refractivity (Wildman–Crippen MR) is 99.9 cm³/mol. The molecular weight excluding hydrogens is 345 g/mol. The predicted octanol–water partition coefficient (Wildman–Crippen LogP) is 4.82. The van der Waals surface area contributed by atoms with E-state index in [4.69, 9.17) is 33.0 Å². The summed E-state index contributed by atoms with van der Waals surface area (Å²) in [7, 11) is 0. The first-order chi connectivity index (χ1) is 11.7. The van der Waals surface area contributed by atoms with Crippen molar-refractivity contribution in [3.05, 3.63) is 63.6 Å². The lowest BCUT2D eigenvalue weighted by atomic mass is 10.2. The van der Waals surface area contributed by atoms with Gasteiger partial charge in [-0.2, -0.15) is 0 Å². The molecule has 2 N–H and O–H groups in total. The second-order valence-electron chi connectivity index (χ2n) is 5.59. The van der Waals surface area contributed by atoms with Crippen LogP contribution in [0.2, 0.25) is 10.0 Å². The third-order valence-electron chi connectivity index (χ3n) is 3.71. The average molecular weight is 368 g/mol. The van der Waals surface area contributed by atoms with E-state index in [9.17, 15) is 0 Å². The minimum atomic E-state index is 0.279. The third-order valence-corrected chi connectivity index (χ3v) is 4.42. The van der Waals surface area contributed by atoms with Gasteiger partial charge in [0.1, 0.15) is 12.4 Å². The summed E-state index contributed by atoms with van der Waals surface area (Å²) in [4.78, 5) is 0. The molecule has 24 heavy (non-hydrogen) atoms. The van der Waals surface area contributed by atoms with E-state index in [1.54, 1.807) is 12.1 Å². The number of aliphatic hydroxyl groups is 1. The highest BCUT2D eigenvalue weighted by Gasteiger charge is 2.06. The van der Waals surface area contributed by atoms with E-state index in [0.717, 1.165) is 43.7 Å². The maximum absolute atomic E-state index is 8.73. The van der Waals surface area contributed by atoms with Gasteiger partial charge in [0.25, 0.3) is 0 Å². The molecule has 0 unspecified atom stereocenters. The highest BCUT2D eigenvalue weighted by Crippen LogP contribution is 2.25. The van der Waals surface area contributed by atoms with Gasteiger partial charge in [0.15, 0.2) is 0 Å². The SMILES string of the molecule is OCCCCCNCc1ccc(OCc2c(Cl)cccc2Cl)cc1. The van der Waals surface area contributed by atoms with Crippen LogP contribution >= 0.6 is 23.2 Å². The molecule has 5 heteroatoms. The second-order valence-corrected chi connectivity index (χ2v) is 6.41. The fourth-order valence-electron chi connectivity index (χ4n) is 2.30. The lowest BCUT2D eigenvalue weighted by molar-refractivity contribution is 0.283. The molecule has 0 aromatic heterocycles. The van der Waals surface area contributed by atoms with Crippen LogP contribution in [-0.4, -0.2) is 18.3 Å². The zero-order valence-corrected chi connectivity index (χ0v) is 15.1. The van der Waals surface area contributed by atoms with E-state index in [1.807, 2.05) is 30.3 Å².